The first-order chi connectivity index (χ1) is 19.7. The summed E-state index contributed by atoms with van der Waals surface area (Å²) in [7, 11) is 0. The zero-order valence-electron chi connectivity index (χ0n) is 23.7. The van der Waals surface area contributed by atoms with Gasteiger partial charge in [-0.1, -0.05) is 12.1 Å². The number of carbonyl (C=O) groups excluding carboxylic acids is 1. The number of hydrogen-bond donors (Lipinski definition) is 1. The number of likely N-dealkylation sites (tertiary alicyclic amines) is 1. The van der Waals surface area contributed by atoms with Crippen LogP contribution in [0.15, 0.2) is 47.8 Å². The quantitative estimate of drug-likeness (QED) is 0.281. The first kappa shape index (κ1) is 27.6. The Hall–Kier alpha value is -3.56. The minimum atomic E-state index is -0.516. The van der Waals surface area contributed by atoms with Crippen LogP contribution in [0.5, 0.6) is 5.75 Å². The molecular formula is C32H35FN4O3S. The van der Waals surface area contributed by atoms with E-state index in [1.807, 2.05) is 26.2 Å². The molecule has 1 saturated heterocycles. The van der Waals surface area contributed by atoms with Gasteiger partial charge in [0.15, 0.2) is 0 Å². The van der Waals surface area contributed by atoms with Gasteiger partial charge in [-0.15, -0.1) is 21.5 Å². The third-order valence-corrected chi connectivity index (χ3v) is 8.61. The second kappa shape index (κ2) is 11.4. The molecule has 1 fully saturated rings. The average molecular weight is 575 g/mol. The van der Waals surface area contributed by atoms with Crippen LogP contribution in [-0.2, 0) is 17.7 Å². The molecule has 2 aliphatic heterocycles. The lowest BCUT2D eigenvalue weighted by Gasteiger charge is -2.33. The van der Waals surface area contributed by atoms with Crippen molar-refractivity contribution < 1.29 is 18.7 Å². The Balaban J connectivity index is 1.21. The van der Waals surface area contributed by atoms with E-state index in [1.165, 1.54) is 23.3 Å². The van der Waals surface area contributed by atoms with Crippen LogP contribution in [0.3, 0.4) is 0 Å². The first-order valence-corrected chi connectivity index (χ1v) is 15.1. The number of rotatable bonds is 5. The molecule has 0 unspecified atom stereocenters. The van der Waals surface area contributed by atoms with Crippen molar-refractivity contribution in [2.75, 3.05) is 26.2 Å². The van der Waals surface area contributed by atoms with Gasteiger partial charge >= 0.3 is 6.09 Å². The standard InChI is InChI=1S/C32H35FN4O3S/c1-32(2,3)40-31(38)37-13-9-20(10-14-37)19-39-27-17-24(33)6-7-25(27)29-30-26(11-15-41-30)28(35-36-29)22-4-5-23-18-34-12-8-21(23)16-22/h4-7,11,15-17,20,34H,8-10,12-14,18-19H2,1-3H3. The largest absolute Gasteiger partial charge is 0.492 e. The Labute approximate surface area is 243 Å². The highest BCUT2D eigenvalue weighted by molar-refractivity contribution is 7.17. The number of fused-ring (bicyclic) bond motifs is 2. The van der Waals surface area contributed by atoms with Gasteiger partial charge in [-0.2, -0.15) is 0 Å². The summed E-state index contributed by atoms with van der Waals surface area (Å²) in [5, 5.41) is 15.8. The van der Waals surface area contributed by atoms with E-state index in [0.717, 1.165) is 59.3 Å². The second-order valence-corrected chi connectivity index (χ2v) is 12.7. The maximum atomic E-state index is 14.4. The van der Waals surface area contributed by atoms with Gasteiger partial charge in [0.05, 0.1) is 11.3 Å². The van der Waals surface area contributed by atoms with Crippen LogP contribution in [0.2, 0.25) is 0 Å². The molecule has 0 atom stereocenters. The molecule has 1 amide bonds. The van der Waals surface area contributed by atoms with Crippen LogP contribution in [0.4, 0.5) is 9.18 Å². The van der Waals surface area contributed by atoms with Crippen molar-refractivity contribution in [1.29, 1.82) is 0 Å². The number of hydrogen-bond acceptors (Lipinski definition) is 7. The summed E-state index contributed by atoms with van der Waals surface area (Å²) in [5.74, 6) is 0.343. The summed E-state index contributed by atoms with van der Waals surface area (Å²) in [6.07, 6.45) is 2.31. The lowest BCUT2D eigenvalue weighted by molar-refractivity contribution is 0.0165. The average Bonchev–Trinajstić information content (AvgIpc) is 3.45. The fraction of sp³-hybridized carbons (Fsp3) is 0.406. The number of thiophene rings is 1. The Morgan fingerprint density at radius 2 is 1.88 bits per heavy atom. The van der Waals surface area contributed by atoms with E-state index < -0.39 is 5.60 Å². The Morgan fingerprint density at radius 1 is 1.07 bits per heavy atom. The maximum Gasteiger partial charge on any atom is 0.410 e. The lowest BCUT2D eigenvalue weighted by atomic mass is 9.96. The van der Waals surface area contributed by atoms with Gasteiger partial charge in [-0.25, -0.2) is 9.18 Å². The zero-order valence-corrected chi connectivity index (χ0v) is 24.5. The Kier molecular flexibility index (Phi) is 7.66. The van der Waals surface area contributed by atoms with Crippen LogP contribution in [0.25, 0.3) is 32.6 Å². The Morgan fingerprint density at radius 3 is 2.68 bits per heavy atom. The molecule has 0 spiro atoms. The van der Waals surface area contributed by atoms with E-state index in [9.17, 15) is 9.18 Å². The van der Waals surface area contributed by atoms with E-state index in [0.29, 0.717) is 31.1 Å². The number of nitrogens with one attached hydrogen (secondary N) is 1. The highest BCUT2D eigenvalue weighted by Gasteiger charge is 2.27. The molecule has 0 aliphatic carbocycles. The second-order valence-electron chi connectivity index (χ2n) is 11.8. The summed E-state index contributed by atoms with van der Waals surface area (Å²) in [5.41, 5.74) is 5.49. The fourth-order valence-electron chi connectivity index (χ4n) is 5.52. The molecule has 2 aromatic carbocycles. The van der Waals surface area contributed by atoms with E-state index in [-0.39, 0.29) is 17.8 Å². The molecule has 6 rings (SSSR count). The number of carbonyl (C=O) groups is 1. The number of amides is 1. The van der Waals surface area contributed by atoms with Crippen molar-refractivity contribution in [1.82, 2.24) is 20.4 Å². The van der Waals surface area contributed by atoms with E-state index in [1.54, 1.807) is 22.3 Å². The van der Waals surface area contributed by atoms with Crippen LogP contribution >= 0.6 is 11.3 Å². The zero-order chi connectivity index (χ0) is 28.6. The molecule has 2 aliphatic rings. The van der Waals surface area contributed by atoms with Crippen LogP contribution in [-0.4, -0.2) is 53.0 Å². The molecule has 1 N–H and O–H groups in total. The molecule has 214 valence electrons. The van der Waals surface area contributed by atoms with E-state index >= 15 is 0 Å². The molecule has 2 aromatic heterocycles. The molecular weight excluding hydrogens is 539 g/mol. The van der Waals surface area contributed by atoms with Crippen molar-refractivity contribution in [3.63, 3.8) is 0 Å². The SMILES string of the molecule is CC(C)(C)OC(=O)N1CCC(COc2cc(F)ccc2-c2nnc(-c3ccc4c(c3)CCNC4)c3ccsc23)CC1. The Bertz CT molecular complexity index is 1570. The van der Waals surface area contributed by atoms with E-state index in [4.69, 9.17) is 9.47 Å². The highest BCUT2D eigenvalue weighted by Crippen LogP contribution is 2.40. The van der Waals surface area contributed by atoms with Crippen molar-refractivity contribution in [2.45, 2.75) is 52.2 Å². The normalized spacial score (nSPS) is 16.0. The predicted molar refractivity (Wildman–Crippen MR) is 160 cm³/mol. The lowest BCUT2D eigenvalue weighted by Crippen LogP contribution is -2.42. The van der Waals surface area contributed by atoms with E-state index in [2.05, 4.69) is 39.8 Å². The van der Waals surface area contributed by atoms with Gasteiger partial charge in [0, 0.05) is 42.2 Å². The third-order valence-electron chi connectivity index (χ3n) is 7.69. The topological polar surface area (TPSA) is 76.6 Å². The van der Waals surface area contributed by atoms with Crippen LogP contribution in [0.1, 0.15) is 44.7 Å². The third kappa shape index (κ3) is 6.06. The smallest absolute Gasteiger partial charge is 0.410 e. The van der Waals surface area contributed by atoms with Crippen LogP contribution in [0, 0.1) is 11.7 Å². The van der Waals surface area contributed by atoms with Crippen molar-refractivity contribution in [3.05, 3.63) is 64.8 Å². The molecule has 7 nitrogen and oxygen atoms in total. The molecule has 0 saturated carbocycles. The minimum Gasteiger partial charge on any atom is -0.492 e. The number of halogens is 1. The molecule has 41 heavy (non-hydrogen) atoms. The van der Waals surface area contributed by atoms with Gasteiger partial charge in [-0.3, -0.25) is 0 Å². The fourth-order valence-corrected chi connectivity index (χ4v) is 6.41. The van der Waals surface area contributed by atoms with Gasteiger partial charge in [0.25, 0.3) is 0 Å². The predicted octanol–water partition coefficient (Wildman–Crippen LogP) is 6.84. The van der Waals surface area contributed by atoms with Crippen molar-refractivity contribution in [2.24, 2.45) is 5.92 Å². The summed E-state index contributed by atoms with van der Waals surface area (Å²) < 4.78 is 27.2. The molecule has 0 bridgehead atoms. The van der Waals surface area contributed by atoms with Crippen LogP contribution < -0.4 is 10.1 Å². The number of nitrogens with zero attached hydrogens (tertiary/aromatic N) is 3. The molecule has 0 radical (unpaired) electrons. The van der Waals surface area contributed by atoms with Crippen molar-refractivity contribution in [3.8, 4) is 28.3 Å². The number of benzene rings is 2. The minimum absolute atomic E-state index is 0.249. The highest BCUT2D eigenvalue weighted by atomic mass is 32.1. The molecule has 4 heterocycles. The number of ether oxygens (including phenoxy) is 2. The monoisotopic (exact) mass is 574 g/mol. The summed E-state index contributed by atoms with van der Waals surface area (Å²) >= 11 is 1.60. The number of piperidine rings is 1. The number of aromatic nitrogens is 2. The van der Waals surface area contributed by atoms with Crippen molar-refractivity contribution >= 4 is 27.5 Å². The van der Waals surface area contributed by atoms with Gasteiger partial charge < -0.3 is 19.7 Å². The maximum absolute atomic E-state index is 14.4. The van der Waals surface area contributed by atoms with Gasteiger partial charge in [0.2, 0.25) is 0 Å². The molecule has 4 aromatic rings. The van der Waals surface area contributed by atoms with Gasteiger partial charge in [0.1, 0.15) is 28.6 Å². The summed E-state index contributed by atoms with van der Waals surface area (Å²) in [6, 6.07) is 13.2. The summed E-state index contributed by atoms with van der Waals surface area (Å²) in [4.78, 5) is 14.2. The summed E-state index contributed by atoms with van der Waals surface area (Å²) in [6.45, 7) is 9.14. The van der Waals surface area contributed by atoms with Gasteiger partial charge in [-0.05, 0) is 93.3 Å². The molecule has 9 heteroatoms. The first-order valence-electron chi connectivity index (χ1n) is 14.2.